The van der Waals surface area contributed by atoms with Gasteiger partial charge in [-0.15, -0.1) is 0 Å². The molecule has 0 fully saturated rings. The third-order valence-electron chi connectivity index (χ3n) is 2.03. The van der Waals surface area contributed by atoms with Gasteiger partial charge in [-0.3, -0.25) is 4.79 Å². The van der Waals surface area contributed by atoms with E-state index in [1.807, 2.05) is 0 Å². The second-order valence-corrected chi connectivity index (χ2v) is 3.18. The van der Waals surface area contributed by atoms with Gasteiger partial charge in [0.2, 0.25) is 5.91 Å². The van der Waals surface area contributed by atoms with E-state index in [-0.39, 0.29) is 5.91 Å². The van der Waals surface area contributed by atoms with E-state index in [0.717, 1.165) is 12.8 Å². The fourth-order valence-corrected chi connectivity index (χ4v) is 0.967. The maximum absolute atomic E-state index is 11.1. The van der Waals surface area contributed by atoms with Crippen molar-refractivity contribution in [1.82, 2.24) is 10.2 Å². The molecule has 0 aromatic rings. The number of nitrogens with one attached hydrogen (secondary N) is 1. The van der Waals surface area contributed by atoms with Gasteiger partial charge in [-0.2, -0.15) is 0 Å². The molecule has 1 amide bonds. The number of carbonyl (C=O) groups excluding carboxylic acids is 1. The van der Waals surface area contributed by atoms with Crippen molar-refractivity contribution in [3.8, 4) is 0 Å². The Labute approximate surface area is 75.1 Å². The largest absolute Gasteiger partial charge is 0.348 e. The minimum atomic E-state index is 0.141. The molecule has 0 spiro atoms. The summed E-state index contributed by atoms with van der Waals surface area (Å²) in [5.74, 6) is 0.141. The molecule has 0 aromatic heterocycles. The molecule has 0 atom stereocenters. The molecule has 72 valence electrons. The number of hydrogen-bond donors (Lipinski definition) is 1. The maximum Gasteiger partial charge on any atom is 0.236 e. The highest BCUT2D eigenvalue weighted by atomic mass is 16.2. The van der Waals surface area contributed by atoms with Crippen LogP contribution in [0.2, 0.25) is 0 Å². The van der Waals surface area contributed by atoms with Crippen LogP contribution >= 0.6 is 0 Å². The van der Waals surface area contributed by atoms with Crippen LogP contribution in [0.15, 0.2) is 0 Å². The van der Waals surface area contributed by atoms with Crippen molar-refractivity contribution in [3.63, 3.8) is 0 Å². The Bertz CT molecular complexity index is 130. The molecule has 0 unspecified atom stereocenters. The van der Waals surface area contributed by atoms with Gasteiger partial charge in [0, 0.05) is 20.1 Å². The van der Waals surface area contributed by atoms with E-state index in [1.165, 1.54) is 0 Å². The Morgan fingerprint density at radius 1 is 1.33 bits per heavy atom. The Morgan fingerprint density at radius 2 is 1.83 bits per heavy atom. The molecule has 0 saturated heterocycles. The average molecular weight is 172 g/mol. The molecule has 0 bridgehead atoms. The van der Waals surface area contributed by atoms with Crippen LogP contribution in [0, 0.1) is 0 Å². The highest BCUT2D eigenvalue weighted by Gasteiger charge is 2.06. The molecular weight excluding hydrogens is 152 g/mol. The molecule has 0 radical (unpaired) electrons. The van der Waals surface area contributed by atoms with Gasteiger partial charge >= 0.3 is 0 Å². The maximum atomic E-state index is 11.1. The Morgan fingerprint density at radius 3 is 2.17 bits per heavy atom. The number of likely N-dealkylation sites (N-methyl/N-ethyl adjacent to an activating group) is 1. The van der Waals surface area contributed by atoms with Gasteiger partial charge < -0.3 is 10.2 Å². The first kappa shape index (κ1) is 11.4. The molecule has 3 heteroatoms. The minimum Gasteiger partial charge on any atom is -0.348 e. The second kappa shape index (κ2) is 6.00. The number of rotatable bonds is 5. The summed E-state index contributed by atoms with van der Waals surface area (Å²) in [7, 11) is 3.55. The summed E-state index contributed by atoms with van der Waals surface area (Å²) in [6.45, 7) is 4.71. The zero-order valence-corrected chi connectivity index (χ0v) is 8.55. The van der Waals surface area contributed by atoms with E-state index in [2.05, 4.69) is 19.2 Å². The minimum absolute atomic E-state index is 0.141. The predicted octanol–water partition coefficient (Wildman–Crippen LogP) is 0.853. The first-order valence-electron chi connectivity index (χ1n) is 4.55. The van der Waals surface area contributed by atoms with Crippen molar-refractivity contribution < 1.29 is 4.79 Å². The van der Waals surface area contributed by atoms with Crippen LogP contribution in [-0.4, -0.2) is 37.5 Å². The molecule has 0 aliphatic carbocycles. The van der Waals surface area contributed by atoms with Crippen LogP contribution in [0.3, 0.4) is 0 Å². The van der Waals surface area contributed by atoms with E-state index in [0.29, 0.717) is 12.6 Å². The first-order valence-corrected chi connectivity index (χ1v) is 4.55. The Balaban J connectivity index is 3.59. The number of hydrogen-bond acceptors (Lipinski definition) is 2. The third kappa shape index (κ3) is 4.34. The van der Waals surface area contributed by atoms with Crippen LogP contribution in [0.25, 0.3) is 0 Å². The Kier molecular flexibility index (Phi) is 5.72. The molecule has 12 heavy (non-hydrogen) atoms. The summed E-state index contributed by atoms with van der Waals surface area (Å²) in [5.41, 5.74) is 0. The van der Waals surface area contributed by atoms with Gasteiger partial charge in [0.05, 0.1) is 6.54 Å². The van der Waals surface area contributed by atoms with Gasteiger partial charge in [0.25, 0.3) is 0 Å². The topological polar surface area (TPSA) is 32.3 Å². The quantitative estimate of drug-likeness (QED) is 0.667. The lowest BCUT2D eigenvalue weighted by Gasteiger charge is -2.16. The highest BCUT2D eigenvalue weighted by Crippen LogP contribution is 1.94. The second-order valence-electron chi connectivity index (χ2n) is 3.18. The highest BCUT2D eigenvalue weighted by molar-refractivity contribution is 5.77. The van der Waals surface area contributed by atoms with Gasteiger partial charge in [-0.25, -0.2) is 0 Å². The Hall–Kier alpha value is -0.570. The summed E-state index contributed by atoms with van der Waals surface area (Å²) in [6, 6.07) is 0.480. The normalized spacial score (nSPS) is 10.4. The lowest BCUT2D eigenvalue weighted by atomic mass is 10.2. The van der Waals surface area contributed by atoms with Crippen LogP contribution in [0.4, 0.5) is 0 Å². The molecule has 1 N–H and O–H groups in total. The van der Waals surface area contributed by atoms with Gasteiger partial charge in [0.15, 0.2) is 0 Å². The van der Waals surface area contributed by atoms with Gasteiger partial charge in [-0.1, -0.05) is 13.8 Å². The zero-order valence-electron chi connectivity index (χ0n) is 8.55. The van der Waals surface area contributed by atoms with E-state index in [9.17, 15) is 4.79 Å². The van der Waals surface area contributed by atoms with E-state index in [4.69, 9.17) is 0 Å². The summed E-state index contributed by atoms with van der Waals surface area (Å²) in [6.07, 6.45) is 2.16. The van der Waals surface area contributed by atoms with Crippen LogP contribution in [0.5, 0.6) is 0 Å². The number of amides is 1. The van der Waals surface area contributed by atoms with Crippen molar-refractivity contribution >= 4 is 5.91 Å². The fraction of sp³-hybridized carbons (Fsp3) is 0.889. The van der Waals surface area contributed by atoms with Gasteiger partial charge in [-0.05, 0) is 12.8 Å². The fourth-order valence-electron chi connectivity index (χ4n) is 0.967. The third-order valence-corrected chi connectivity index (χ3v) is 2.03. The average Bonchev–Trinajstić information content (AvgIpc) is 2.05. The molecule has 3 nitrogen and oxygen atoms in total. The summed E-state index contributed by atoms with van der Waals surface area (Å²) in [4.78, 5) is 12.7. The van der Waals surface area contributed by atoms with Crippen LogP contribution < -0.4 is 5.32 Å². The predicted molar refractivity (Wildman–Crippen MR) is 51.1 cm³/mol. The van der Waals surface area contributed by atoms with Crippen molar-refractivity contribution in [2.24, 2.45) is 0 Å². The summed E-state index contributed by atoms with van der Waals surface area (Å²) in [5, 5.41) is 3.21. The van der Waals surface area contributed by atoms with Crippen molar-refractivity contribution in [3.05, 3.63) is 0 Å². The molecule has 0 heterocycles. The molecule has 0 rings (SSSR count). The molecule has 0 aliphatic rings. The van der Waals surface area contributed by atoms with Crippen LogP contribution in [0.1, 0.15) is 26.7 Å². The zero-order chi connectivity index (χ0) is 9.56. The molecular formula is C9H20N2O. The molecule has 0 saturated carbocycles. The first-order chi connectivity index (χ1) is 5.61. The van der Waals surface area contributed by atoms with E-state index >= 15 is 0 Å². The standard InChI is InChI=1S/C9H20N2O/c1-5-8(6-2)10-7-9(12)11(3)4/h8,10H,5-7H2,1-4H3. The summed E-state index contributed by atoms with van der Waals surface area (Å²) >= 11 is 0. The smallest absolute Gasteiger partial charge is 0.236 e. The summed E-state index contributed by atoms with van der Waals surface area (Å²) < 4.78 is 0. The molecule has 0 aromatic carbocycles. The van der Waals surface area contributed by atoms with Crippen molar-refractivity contribution in [1.29, 1.82) is 0 Å². The van der Waals surface area contributed by atoms with Crippen molar-refractivity contribution in [2.75, 3.05) is 20.6 Å². The monoisotopic (exact) mass is 172 g/mol. The lowest BCUT2D eigenvalue weighted by molar-refractivity contribution is -0.127. The van der Waals surface area contributed by atoms with Crippen molar-refractivity contribution in [2.45, 2.75) is 32.7 Å². The lowest BCUT2D eigenvalue weighted by Crippen LogP contribution is -2.38. The number of nitrogens with zero attached hydrogens (tertiary/aromatic N) is 1. The van der Waals surface area contributed by atoms with E-state index < -0.39 is 0 Å². The molecule has 0 aliphatic heterocycles. The van der Waals surface area contributed by atoms with Gasteiger partial charge in [0.1, 0.15) is 0 Å². The SMILES string of the molecule is CCC(CC)NCC(=O)N(C)C. The van der Waals surface area contributed by atoms with Crippen LogP contribution in [-0.2, 0) is 4.79 Å². The van der Waals surface area contributed by atoms with E-state index in [1.54, 1.807) is 19.0 Å². The number of carbonyl (C=O) groups is 1.